The standard InChI is InChI=1S/C14H18N4O/c1-4-18-9-15-17-13(18)11-6-5-7-12(8-11)16-14(19)10(2)3/h5-10H,4H2,1-3H3,(H,16,19). The highest BCUT2D eigenvalue weighted by Crippen LogP contribution is 2.21. The number of nitrogens with one attached hydrogen (secondary N) is 1. The Balaban J connectivity index is 2.27. The second-order valence-electron chi connectivity index (χ2n) is 4.67. The summed E-state index contributed by atoms with van der Waals surface area (Å²) in [5.74, 6) is 0.778. The molecular weight excluding hydrogens is 240 g/mol. The van der Waals surface area contributed by atoms with Crippen molar-refractivity contribution in [3.63, 3.8) is 0 Å². The summed E-state index contributed by atoms with van der Waals surface area (Å²) in [6, 6.07) is 7.65. The molecule has 5 nitrogen and oxygen atoms in total. The van der Waals surface area contributed by atoms with Crippen LogP contribution in [0, 0.1) is 5.92 Å². The van der Waals surface area contributed by atoms with Crippen molar-refractivity contribution in [3.8, 4) is 11.4 Å². The number of aryl methyl sites for hydroxylation is 1. The molecule has 2 aromatic rings. The molecule has 0 saturated heterocycles. The molecule has 0 saturated carbocycles. The van der Waals surface area contributed by atoms with Crippen LogP contribution in [-0.2, 0) is 11.3 Å². The number of nitrogens with zero attached hydrogens (tertiary/aromatic N) is 3. The Kier molecular flexibility index (Phi) is 3.94. The molecule has 2 rings (SSSR count). The maximum Gasteiger partial charge on any atom is 0.226 e. The molecule has 1 N–H and O–H groups in total. The lowest BCUT2D eigenvalue weighted by Crippen LogP contribution is -2.17. The van der Waals surface area contributed by atoms with Crippen molar-refractivity contribution in [2.24, 2.45) is 5.92 Å². The van der Waals surface area contributed by atoms with Crippen molar-refractivity contribution in [1.82, 2.24) is 14.8 Å². The average Bonchev–Trinajstić information content (AvgIpc) is 2.87. The molecule has 1 aromatic carbocycles. The Bertz CT molecular complexity index is 574. The van der Waals surface area contributed by atoms with E-state index in [4.69, 9.17) is 0 Å². The van der Waals surface area contributed by atoms with Crippen LogP contribution in [0.1, 0.15) is 20.8 Å². The van der Waals surface area contributed by atoms with E-state index in [2.05, 4.69) is 15.5 Å². The smallest absolute Gasteiger partial charge is 0.226 e. The Morgan fingerprint density at radius 1 is 1.42 bits per heavy atom. The number of hydrogen-bond acceptors (Lipinski definition) is 3. The Morgan fingerprint density at radius 3 is 2.89 bits per heavy atom. The minimum absolute atomic E-state index is 0.00843. The van der Waals surface area contributed by atoms with Crippen LogP contribution in [0.25, 0.3) is 11.4 Å². The van der Waals surface area contributed by atoms with E-state index in [-0.39, 0.29) is 11.8 Å². The summed E-state index contributed by atoms with van der Waals surface area (Å²) in [5, 5.41) is 10.9. The molecule has 0 spiro atoms. The van der Waals surface area contributed by atoms with Gasteiger partial charge in [0, 0.05) is 23.7 Å². The van der Waals surface area contributed by atoms with Crippen LogP contribution in [0.4, 0.5) is 5.69 Å². The lowest BCUT2D eigenvalue weighted by atomic mass is 10.1. The molecule has 1 amide bonds. The van der Waals surface area contributed by atoms with Gasteiger partial charge in [-0.25, -0.2) is 0 Å². The summed E-state index contributed by atoms with van der Waals surface area (Å²) in [4.78, 5) is 11.7. The number of amides is 1. The second kappa shape index (κ2) is 5.65. The first-order chi connectivity index (χ1) is 9.11. The van der Waals surface area contributed by atoms with Crippen molar-refractivity contribution >= 4 is 11.6 Å². The van der Waals surface area contributed by atoms with Crippen LogP contribution in [0.15, 0.2) is 30.6 Å². The molecular formula is C14H18N4O. The summed E-state index contributed by atoms with van der Waals surface area (Å²) in [5.41, 5.74) is 1.72. The molecule has 100 valence electrons. The minimum Gasteiger partial charge on any atom is -0.326 e. The van der Waals surface area contributed by atoms with Gasteiger partial charge in [-0.3, -0.25) is 4.79 Å². The third kappa shape index (κ3) is 2.99. The fourth-order valence-electron chi connectivity index (χ4n) is 1.73. The van der Waals surface area contributed by atoms with E-state index in [1.807, 2.05) is 49.6 Å². The molecule has 0 radical (unpaired) electrons. The summed E-state index contributed by atoms with van der Waals surface area (Å²) in [6.07, 6.45) is 1.70. The highest BCUT2D eigenvalue weighted by Gasteiger charge is 2.10. The monoisotopic (exact) mass is 258 g/mol. The summed E-state index contributed by atoms with van der Waals surface area (Å²) in [6.45, 7) is 6.59. The van der Waals surface area contributed by atoms with Gasteiger partial charge in [-0.15, -0.1) is 10.2 Å². The van der Waals surface area contributed by atoms with Gasteiger partial charge in [-0.1, -0.05) is 26.0 Å². The maximum atomic E-state index is 11.7. The first kappa shape index (κ1) is 13.3. The third-order valence-corrected chi connectivity index (χ3v) is 2.87. The first-order valence-corrected chi connectivity index (χ1v) is 6.41. The molecule has 1 heterocycles. The SMILES string of the molecule is CCn1cnnc1-c1cccc(NC(=O)C(C)C)c1. The normalized spacial score (nSPS) is 10.7. The predicted octanol–water partition coefficient (Wildman–Crippen LogP) is 2.56. The lowest BCUT2D eigenvalue weighted by molar-refractivity contribution is -0.118. The van der Waals surface area contributed by atoms with Gasteiger partial charge in [-0.2, -0.15) is 0 Å². The van der Waals surface area contributed by atoms with E-state index < -0.39 is 0 Å². The number of benzene rings is 1. The maximum absolute atomic E-state index is 11.7. The number of hydrogen-bond donors (Lipinski definition) is 1. The molecule has 0 bridgehead atoms. The molecule has 1 aromatic heterocycles. The predicted molar refractivity (Wildman–Crippen MR) is 74.6 cm³/mol. The largest absolute Gasteiger partial charge is 0.326 e. The number of aromatic nitrogens is 3. The van der Waals surface area contributed by atoms with Gasteiger partial charge >= 0.3 is 0 Å². The fraction of sp³-hybridized carbons (Fsp3) is 0.357. The number of carbonyl (C=O) groups excluding carboxylic acids is 1. The van der Waals surface area contributed by atoms with Gasteiger partial charge in [0.15, 0.2) is 5.82 Å². The van der Waals surface area contributed by atoms with Gasteiger partial charge in [0.25, 0.3) is 0 Å². The number of carbonyl (C=O) groups is 1. The average molecular weight is 258 g/mol. The van der Waals surface area contributed by atoms with Crippen molar-refractivity contribution < 1.29 is 4.79 Å². The van der Waals surface area contributed by atoms with Gasteiger partial charge in [0.2, 0.25) is 5.91 Å². The van der Waals surface area contributed by atoms with Gasteiger partial charge < -0.3 is 9.88 Å². The van der Waals surface area contributed by atoms with Crippen molar-refractivity contribution in [1.29, 1.82) is 0 Å². The summed E-state index contributed by atoms with van der Waals surface area (Å²) in [7, 11) is 0. The first-order valence-electron chi connectivity index (χ1n) is 6.41. The van der Waals surface area contributed by atoms with Crippen LogP contribution >= 0.6 is 0 Å². The Labute approximate surface area is 112 Å². The molecule has 0 unspecified atom stereocenters. The molecule has 0 atom stereocenters. The van der Waals surface area contributed by atoms with Gasteiger partial charge in [-0.05, 0) is 19.1 Å². The fourth-order valence-corrected chi connectivity index (χ4v) is 1.73. The van der Waals surface area contributed by atoms with Crippen molar-refractivity contribution in [3.05, 3.63) is 30.6 Å². The highest BCUT2D eigenvalue weighted by atomic mass is 16.1. The number of anilines is 1. The zero-order valence-corrected chi connectivity index (χ0v) is 11.4. The second-order valence-corrected chi connectivity index (χ2v) is 4.67. The van der Waals surface area contributed by atoms with Crippen LogP contribution < -0.4 is 5.32 Å². The minimum atomic E-state index is -0.0389. The van der Waals surface area contributed by atoms with E-state index in [9.17, 15) is 4.79 Å². The van der Waals surface area contributed by atoms with E-state index in [0.717, 1.165) is 23.6 Å². The van der Waals surface area contributed by atoms with Crippen molar-refractivity contribution in [2.75, 3.05) is 5.32 Å². The third-order valence-electron chi connectivity index (χ3n) is 2.87. The van der Waals surface area contributed by atoms with E-state index in [0.29, 0.717) is 0 Å². The molecule has 0 fully saturated rings. The molecule has 0 aliphatic carbocycles. The van der Waals surface area contributed by atoms with Crippen LogP contribution in [0.5, 0.6) is 0 Å². The highest BCUT2D eigenvalue weighted by molar-refractivity contribution is 5.92. The van der Waals surface area contributed by atoms with Gasteiger partial charge in [0.05, 0.1) is 0 Å². The summed E-state index contributed by atoms with van der Waals surface area (Å²) >= 11 is 0. The van der Waals surface area contributed by atoms with Crippen LogP contribution in [-0.4, -0.2) is 20.7 Å². The molecule has 0 aliphatic rings. The zero-order chi connectivity index (χ0) is 13.8. The molecule has 5 heteroatoms. The van der Waals surface area contributed by atoms with E-state index in [1.165, 1.54) is 0 Å². The zero-order valence-electron chi connectivity index (χ0n) is 11.4. The Morgan fingerprint density at radius 2 is 2.21 bits per heavy atom. The van der Waals surface area contributed by atoms with Crippen molar-refractivity contribution in [2.45, 2.75) is 27.3 Å². The van der Waals surface area contributed by atoms with Gasteiger partial charge in [0.1, 0.15) is 6.33 Å². The van der Waals surface area contributed by atoms with Crippen LogP contribution in [0.3, 0.4) is 0 Å². The summed E-state index contributed by atoms with van der Waals surface area (Å²) < 4.78 is 1.96. The van der Waals surface area contributed by atoms with Crippen LogP contribution in [0.2, 0.25) is 0 Å². The topological polar surface area (TPSA) is 59.8 Å². The lowest BCUT2D eigenvalue weighted by Gasteiger charge is -2.09. The van der Waals surface area contributed by atoms with E-state index in [1.54, 1.807) is 6.33 Å². The van der Waals surface area contributed by atoms with E-state index >= 15 is 0 Å². The molecule has 19 heavy (non-hydrogen) atoms. The number of rotatable bonds is 4. The molecule has 0 aliphatic heterocycles. The Hall–Kier alpha value is -2.17. The quantitative estimate of drug-likeness (QED) is 0.916.